The minimum absolute atomic E-state index is 0.128. The van der Waals surface area contributed by atoms with Crippen LogP contribution in [0.4, 0.5) is 8.78 Å². The van der Waals surface area contributed by atoms with Crippen LogP contribution in [-0.2, 0) is 36.1 Å². The van der Waals surface area contributed by atoms with Crippen LogP contribution in [0.15, 0.2) is 48.5 Å². The Bertz CT molecular complexity index is 1190. The molecule has 2 heterocycles. The van der Waals surface area contributed by atoms with Crippen molar-refractivity contribution in [3.63, 3.8) is 0 Å². The zero-order valence-electron chi connectivity index (χ0n) is 17.4. The first-order valence-electron chi connectivity index (χ1n) is 9.95. The first-order valence-corrected chi connectivity index (χ1v) is 11.8. The van der Waals surface area contributed by atoms with E-state index in [1.165, 1.54) is 29.6 Å². The Balaban J connectivity index is 1.69. The van der Waals surface area contributed by atoms with E-state index in [1.807, 2.05) is 6.07 Å². The summed E-state index contributed by atoms with van der Waals surface area (Å²) in [6.45, 7) is 1.81. The van der Waals surface area contributed by atoms with Gasteiger partial charge in [0.15, 0.2) is 0 Å². The number of sulfonamides is 1. The van der Waals surface area contributed by atoms with Crippen LogP contribution in [0.3, 0.4) is 0 Å². The molecule has 0 saturated carbocycles. The van der Waals surface area contributed by atoms with Gasteiger partial charge >= 0.3 is 0 Å². The van der Waals surface area contributed by atoms with Crippen LogP contribution < -0.4 is 0 Å². The molecule has 6 nitrogen and oxygen atoms in total. The highest BCUT2D eigenvalue weighted by atomic mass is 32.2. The van der Waals surface area contributed by atoms with E-state index in [-0.39, 0.29) is 18.2 Å². The summed E-state index contributed by atoms with van der Waals surface area (Å²) in [4.78, 5) is 2.13. The van der Waals surface area contributed by atoms with E-state index < -0.39 is 10.0 Å². The van der Waals surface area contributed by atoms with E-state index in [1.54, 1.807) is 28.9 Å². The molecule has 3 aromatic rings. The van der Waals surface area contributed by atoms with Crippen molar-refractivity contribution < 1.29 is 17.2 Å². The molecule has 0 aliphatic carbocycles. The van der Waals surface area contributed by atoms with Gasteiger partial charge in [0.05, 0.1) is 29.9 Å². The number of halogens is 2. The van der Waals surface area contributed by atoms with E-state index >= 15 is 0 Å². The summed E-state index contributed by atoms with van der Waals surface area (Å²) < 4.78 is 54.5. The van der Waals surface area contributed by atoms with Crippen molar-refractivity contribution >= 4 is 10.0 Å². The number of nitrogens with zero attached hydrogens (tertiary/aromatic N) is 4. The molecule has 0 saturated heterocycles. The van der Waals surface area contributed by atoms with Crippen LogP contribution in [0.2, 0.25) is 0 Å². The Morgan fingerprint density at radius 3 is 2.48 bits per heavy atom. The number of hydrogen-bond acceptors (Lipinski definition) is 4. The van der Waals surface area contributed by atoms with Gasteiger partial charge in [0.1, 0.15) is 11.6 Å². The molecule has 0 bridgehead atoms. The van der Waals surface area contributed by atoms with Crippen molar-refractivity contribution in [1.82, 2.24) is 19.0 Å². The van der Waals surface area contributed by atoms with Gasteiger partial charge in [0.2, 0.25) is 10.0 Å². The predicted octanol–water partition coefficient (Wildman–Crippen LogP) is 3.10. The van der Waals surface area contributed by atoms with Gasteiger partial charge in [-0.2, -0.15) is 9.40 Å². The second-order valence-electron chi connectivity index (χ2n) is 7.83. The maximum absolute atomic E-state index is 14.1. The molecule has 2 aromatic carbocycles. The minimum Gasteiger partial charge on any atom is -0.294 e. The standard InChI is InChI=1S/C22H24F2N4O2S/c1-26(31(2,29)30)15-21-19-14-27(13-16-5-3-4-6-20(16)24)12-11-22(19)28(25-21)18-9-7-17(23)8-10-18/h3-10H,11-15H2,1-2H3. The predicted molar refractivity (Wildman–Crippen MR) is 114 cm³/mol. The van der Waals surface area contributed by atoms with E-state index in [0.29, 0.717) is 43.0 Å². The van der Waals surface area contributed by atoms with Crippen molar-refractivity contribution in [2.75, 3.05) is 19.8 Å². The van der Waals surface area contributed by atoms with E-state index in [2.05, 4.69) is 4.90 Å². The van der Waals surface area contributed by atoms with Crippen LogP contribution in [0, 0.1) is 11.6 Å². The van der Waals surface area contributed by atoms with Gasteiger partial charge in [-0.1, -0.05) is 18.2 Å². The first-order chi connectivity index (χ1) is 14.7. The van der Waals surface area contributed by atoms with Crippen LogP contribution in [0.1, 0.15) is 22.5 Å². The number of fused-ring (bicyclic) bond motifs is 1. The van der Waals surface area contributed by atoms with Gasteiger partial charge in [0.25, 0.3) is 0 Å². The third-order valence-corrected chi connectivity index (χ3v) is 6.84. The molecule has 31 heavy (non-hydrogen) atoms. The molecule has 0 spiro atoms. The first kappa shape index (κ1) is 21.6. The van der Waals surface area contributed by atoms with Gasteiger partial charge in [0, 0.05) is 44.2 Å². The zero-order valence-corrected chi connectivity index (χ0v) is 18.2. The average molecular weight is 447 g/mol. The Morgan fingerprint density at radius 2 is 1.81 bits per heavy atom. The summed E-state index contributed by atoms with van der Waals surface area (Å²) in [7, 11) is -1.87. The van der Waals surface area contributed by atoms with Gasteiger partial charge in [-0.3, -0.25) is 4.90 Å². The van der Waals surface area contributed by atoms with Crippen LogP contribution in [0.25, 0.3) is 5.69 Å². The van der Waals surface area contributed by atoms with Gasteiger partial charge in [-0.05, 0) is 30.3 Å². The summed E-state index contributed by atoms with van der Waals surface area (Å²) in [5, 5.41) is 4.69. The van der Waals surface area contributed by atoms with Crippen molar-refractivity contribution in [2.45, 2.75) is 26.1 Å². The molecule has 4 rings (SSSR count). The quantitative estimate of drug-likeness (QED) is 0.584. The van der Waals surface area contributed by atoms with Gasteiger partial charge in [-0.15, -0.1) is 0 Å². The fraction of sp³-hybridized carbons (Fsp3) is 0.318. The molecule has 1 aliphatic heterocycles. The van der Waals surface area contributed by atoms with E-state index in [4.69, 9.17) is 5.10 Å². The summed E-state index contributed by atoms with van der Waals surface area (Å²) in [6, 6.07) is 12.7. The molecule has 0 N–H and O–H groups in total. The third kappa shape index (κ3) is 4.68. The van der Waals surface area contributed by atoms with Crippen LogP contribution in [-0.4, -0.2) is 47.3 Å². The number of hydrogen-bond donors (Lipinski definition) is 0. The van der Waals surface area contributed by atoms with Gasteiger partial charge < -0.3 is 0 Å². The maximum atomic E-state index is 14.1. The Kier molecular flexibility index (Phi) is 5.92. The molecule has 9 heteroatoms. The van der Waals surface area contributed by atoms with Crippen molar-refractivity contribution in [1.29, 1.82) is 0 Å². The van der Waals surface area contributed by atoms with E-state index in [9.17, 15) is 17.2 Å². The molecule has 0 amide bonds. The van der Waals surface area contributed by atoms with E-state index in [0.717, 1.165) is 17.5 Å². The molecule has 1 aliphatic rings. The Hall–Kier alpha value is -2.62. The summed E-state index contributed by atoms with van der Waals surface area (Å²) in [5.41, 5.74) is 3.88. The van der Waals surface area contributed by atoms with Crippen molar-refractivity contribution in [2.24, 2.45) is 0 Å². The lowest BCUT2D eigenvalue weighted by atomic mass is 10.0. The van der Waals surface area contributed by atoms with Crippen LogP contribution in [0.5, 0.6) is 0 Å². The highest BCUT2D eigenvalue weighted by molar-refractivity contribution is 7.88. The minimum atomic E-state index is -3.38. The highest BCUT2D eigenvalue weighted by Gasteiger charge is 2.27. The molecular formula is C22H24F2N4O2S. The summed E-state index contributed by atoms with van der Waals surface area (Å²) in [5.74, 6) is -0.579. The molecule has 0 radical (unpaired) electrons. The van der Waals surface area contributed by atoms with Crippen LogP contribution >= 0.6 is 0 Å². The largest absolute Gasteiger partial charge is 0.294 e. The number of aromatic nitrogens is 2. The lowest BCUT2D eigenvalue weighted by Gasteiger charge is -2.28. The second kappa shape index (κ2) is 8.49. The highest BCUT2D eigenvalue weighted by Crippen LogP contribution is 2.28. The monoisotopic (exact) mass is 446 g/mol. The molecule has 164 valence electrons. The molecule has 0 unspecified atom stereocenters. The molecule has 0 atom stereocenters. The third-order valence-electron chi connectivity index (χ3n) is 5.58. The topological polar surface area (TPSA) is 58.4 Å². The molecule has 1 aromatic heterocycles. The molecular weight excluding hydrogens is 422 g/mol. The normalized spacial score (nSPS) is 14.7. The Morgan fingerprint density at radius 1 is 1.10 bits per heavy atom. The fourth-order valence-electron chi connectivity index (χ4n) is 3.80. The smallest absolute Gasteiger partial charge is 0.211 e. The second-order valence-corrected chi connectivity index (χ2v) is 9.92. The maximum Gasteiger partial charge on any atom is 0.211 e. The number of benzene rings is 2. The number of rotatable bonds is 6. The molecule has 0 fully saturated rings. The lowest BCUT2D eigenvalue weighted by Crippen LogP contribution is -2.32. The lowest BCUT2D eigenvalue weighted by molar-refractivity contribution is 0.239. The summed E-state index contributed by atoms with van der Waals surface area (Å²) in [6.07, 6.45) is 1.82. The zero-order chi connectivity index (χ0) is 22.2. The summed E-state index contributed by atoms with van der Waals surface area (Å²) >= 11 is 0. The van der Waals surface area contributed by atoms with Crippen molar-refractivity contribution in [3.05, 3.63) is 82.7 Å². The SMILES string of the molecule is CN(Cc1nn(-c2ccc(F)cc2)c2c1CN(Cc1ccccc1F)CC2)S(C)(=O)=O. The fourth-order valence-corrected chi connectivity index (χ4v) is 4.15. The van der Waals surface area contributed by atoms with Crippen molar-refractivity contribution in [3.8, 4) is 5.69 Å². The Labute approximate surface area is 180 Å². The average Bonchev–Trinajstić information content (AvgIpc) is 3.07. The van der Waals surface area contributed by atoms with Gasteiger partial charge in [-0.25, -0.2) is 21.9 Å².